The molecule has 0 aliphatic carbocycles. The third-order valence-corrected chi connectivity index (χ3v) is 9.43. The molecular formula is C33H43N3O5S. The second kappa shape index (κ2) is 15.2. The minimum Gasteiger partial charge on any atom is -0.497 e. The lowest BCUT2D eigenvalue weighted by molar-refractivity contribution is 0.0830. The van der Waals surface area contributed by atoms with Crippen molar-refractivity contribution >= 4 is 21.6 Å². The summed E-state index contributed by atoms with van der Waals surface area (Å²) in [6, 6.07) is 22.3. The SMILES string of the molecule is CCCc1cc(C(=O)N[C@@H](Cc2ccccc2)[C@H](O)CNCc2cccc(OC)c2)cc(N2CCCCCS2(=O)=O)c1. The number of aliphatic hydroxyl groups excluding tert-OH is 1. The van der Waals surface area contributed by atoms with Crippen LogP contribution in [0.1, 0.15) is 59.7 Å². The number of carbonyl (C=O) groups is 1. The van der Waals surface area contributed by atoms with Crippen molar-refractivity contribution in [2.45, 2.75) is 64.1 Å². The van der Waals surface area contributed by atoms with Crippen molar-refractivity contribution in [1.82, 2.24) is 10.6 Å². The van der Waals surface area contributed by atoms with Gasteiger partial charge in [-0.05, 0) is 72.7 Å². The van der Waals surface area contributed by atoms with E-state index >= 15 is 0 Å². The Balaban J connectivity index is 1.54. The number of aliphatic hydroxyl groups is 1. The lowest BCUT2D eigenvalue weighted by atomic mass is 9.99. The van der Waals surface area contributed by atoms with Crippen molar-refractivity contribution in [2.24, 2.45) is 0 Å². The summed E-state index contributed by atoms with van der Waals surface area (Å²) in [5.74, 6) is 0.539. The number of ether oxygens (including phenoxy) is 1. The van der Waals surface area contributed by atoms with Crippen LogP contribution in [-0.2, 0) is 29.4 Å². The Kier molecular flexibility index (Phi) is 11.4. The molecule has 0 saturated carbocycles. The molecule has 1 saturated heterocycles. The van der Waals surface area contributed by atoms with E-state index in [0.29, 0.717) is 37.2 Å². The average molecular weight is 594 g/mol. The Morgan fingerprint density at radius 3 is 2.52 bits per heavy atom. The number of benzene rings is 3. The van der Waals surface area contributed by atoms with Crippen molar-refractivity contribution in [1.29, 1.82) is 0 Å². The zero-order valence-corrected chi connectivity index (χ0v) is 25.4. The first kappa shape index (κ1) is 31.5. The normalized spacial score (nSPS) is 16.3. The molecule has 226 valence electrons. The van der Waals surface area contributed by atoms with Gasteiger partial charge in [-0.2, -0.15) is 0 Å². The Morgan fingerprint density at radius 1 is 0.976 bits per heavy atom. The lowest BCUT2D eigenvalue weighted by Crippen LogP contribution is -2.48. The van der Waals surface area contributed by atoms with E-state index in [1.165, 1.54) is 4.31 Å². The Labute approximate surface area is 250 Å². The summed E-state index contributed by atoms with van der Waals surface area (Å²) in [6.07, 6.45) is 3.46. The first-order valence-corrected chi connectivity index (χ1v) is 16.4. The molecule has 0 unspecified atom stereocenters. The fourth-order valence-electron chi connectivity index (χ4n) is 5.33. The highest BCUT2D eigenvalue weighted by Crippen LogP contribution is 2.26. The van der Waals surface area contributed by atoms with Gasteiger partial charge in [0, 0.05) is 25.2 Å². The predicted octanol–water partition coefficient (Wildman–Crippen LogP) is 4.46. The molecule has 1 fully saturated rings. The van der Waals surface area contributed by atoms with Crippen LogP contribution in [0.4, 0.5) is 5.69 Å². The number of carbonyl (C=O) groups excluding carboxylic acids is 1. The number of nitrogens with one attached hydrogen (secondary N) is 2. The number of nitrogens with zero attached hydrogens (tertiary/aromatic N) is 1. The fraction of sp³-hybridized carbons (Fsp3) is 0.424. The molecule has 1 aliphatic heterocycles. The molecule has 3 aromatic carbocycles. The Morgan fingerprint density at radius 2 is 1.76 bits per heavy atom. The molecule has 0 aromatic heterocycles. The lowest BCUT2D eigenvalue weighted by Gasteiger charge is -2.26. The van der Waals surface area contributed by atoms with Gasteiger partial charge in [-0.25, -0.2) is 8.42 Å². The van der Waals surface area contributed by atoms with Gasteiger partial charge in [-0.15, -0.1) is 0 Å². The molecule has 1 amide bonds. The highest BCUT2D eigenvalue weighted by atomic mass is 32.2. The van der Waals surface area contributed by atoms with Gasteiger partial charge in [-0.1, -0.05) is 62.2 Å². The number of rotatable bonds is 13. The summed E-state index contributed by atoms with van der Waals surface area (Å²) < 4.78 is 32.8. The van der Waals surface area contributed by atoms with E-state index in [1.807, 2.05) is 66.7 Å². The molecule has 8 nitrogen and oxygen atoms in total. The summed E-state index contributed by atoms with van der Waals surface area (Å²) in [5.41, 5.74) is 3.86. The van der Waals surface area contributed by atoms with Crippen molar-refractivity contribution in [3.05, 3.63) is 95.1 Å². The second-order valence-electron chi connectivity index (χ2n) is 10.9. The van der Waals surface area contributed by atoms with E-state index in [9.17, 15) is 18.3 Å². The maximum absolute atomic E-state index is 13.7. The van der Waals surface area contributed by atoms with Crippen LogP contribution in [0.15, 0.2) is 72.8 Å². The van der Waals surface area contributed by atoms with Gasteiger partial charge in [0.2, 0.25) is 10.0 Å². The van der Waals surface area contributed by atoms with Crippen LogP contribution in [0.5, 0.6) is 5.75 Å². The molecule has 0 radical (unpaired) electrons. The van der Waals surface area contributed by atoms with Gasteiger partial charge < -0.3 is 20.5 Å². The number of sulfonamides is 1. The predicted molar refractivity (Wildman–Crippen MR) is 168 cm³/mol. The number of methoxy groups -OCH3 is 1. The number of amides is 1. The van der Waals surface area contributed by atoms with Crippen molar-refractivity contribution in [2.75, 3.05) is 30.3 Å². The molecule has 4 rings (SSSR count). The van der Waals surface area contributed by atoms with Crippen LogP contribution in [0.2, 0.25) is 0 Å². The molecule has 42 heavy (non-hydrogen) atoms. The summed E-state index contributed by atoms with van der Waals surface area (Å²) in [5, 5.41) is 17.6. The minimum atomic E-state index is -3.46. The first-order chi connectivity index (χ1) is 20.3. The molecule has 1 heterocycles. The Bertz CT molecular complexity index is 1410. The van der Waals surface area contributed by atoms with Crippen LogP contribution in [0.3, 0.4) is 0 Å². The van der Waals surface area contributed by atoms with Crippen molar-refractivity contribution in [3.63, 3.8) is 0 Å². The maximum Gasteiger partial charge on any atom is 0.251 e. The maximum atomic E-state index is 13.7. The quantitative estimate of drug-likeness (QED) is 0.270. The van der Waals surface area contributed by atoms with Crippen LogP contribution in [-0.4, -0.2) is 57.5 Å². The Hall–Kier alpha value is -3.40. The topological polar surface area (TPSA) is 108 Å². The largest absolute Gasteiger partial charge is 0.497 e. The second-order valence-corrected chi connectivity index (χ2v) is 12.9. The van der Waals surface area contributed by atoms with Gasteiger partial charge in [0.25, 0.3) is 5.91 Å². The van der Waals surface area contributed by atoms with E-state index in [2.05, 4.69) is 17.6 Å². The van der Waals surface area contributed by atoms with Gasteiger partial charge in [0.05, 0.1) is 30.7 Å². The smallest absolute Gasteiger partial charge is 0.251 e. The van der Waals surface area contributed by atoms with Crippen LogP contribution >= 0.6 is 0 Å². The summed E-state index contributed by atoms with van der Waals surface area (Å²) in [7, 11) is -1.83. The highest BCUT2D eigenvalue weighted by molar-refractivity contribution is 7.92. The number of anilines is 1. The van der Waals surface area contributed by atoms with E-state index in [-0.39, 0.29) is 18.2 Å². The van der Waals surface area contributed by atoms with E-state index in [4.69, 9.17) is 4.74 Å². The third kappa shape index (κ3) is 8.80. The molecule has 2 atom stereocenters. The number of hydrogen-bond acceptors (Lipinski definition) is 6. The molecule has 3 N–H and O–H groups in total. The standard InChI is InChI=1S/C33H43N3O5S/c1-3-11-26-18-28(22-29(19-26)36-16-8-5-9-17-42(36,39)40)33(38)35-31(21-25-12-6-4-7-13-25)32(37)24-34-23-27-14-10-15-30(20-27)41-2/h4,6-7,10,12-15,18-20,22,31-32,34,37H,3,5,8-9,11,16-17,21,23-24H2,1-2H3,(H,35,38)/t31-,32+/m0/s1. The van der Waals surface area contributed by atoms with E-state index in [0.717, 1.165) is 48.1 Å². The van der Waals surface area contributed by atoms with E-state index in [1.54, 1.807) is 13.2 Å². The molecule has 9 heteroatoms. The van der Waals surface area contributed by atoms with E-state index < -0.39 is 22.2 Å². The molecule has 1 aliphatic rings. The van der Waals surface area contributed by atoms with Gasteiger partial charge >= 0.3 is 0 Å². The van der Waals surface area contributed by atoms with Crippen molar-refractivity contribution in [3.8, 4) is 5.75 Å². The highest BCUT2D eigenvalue weighted by Gasteiger charge is 2.27. The average Bonchev–Trinajstić information content (AvgIpc) is 3.17. The molecule has 0 bridgehead atoms. The summed E-state index contributed by atoms with van der Waals surface area (Å²) >= 11 is 0. The summed E-state index contributed by atoms with van der Waals surface area (Å²) in [4.78, 5) is 13.7. The number of hydrogen-bond donors (Lipinski definition) is 3. The fourth-order valence-corrected chi connectivity index (χ4v) is 6.95. The van der Waals surface area contributed by atoms with Crippen LogP contribution in [0.25, 0.3) is 0 Å². The first-order valence-electron chi connectivity index (χ1n) is 14.8. The van der Waals surface area contributed by atoms with Gasteiger partial charge in [-0.3, -0.25) is 9.10 Å². The minimum absolute atomic E-state index is 0.112. The molecule has 3 aromatic rings. The monoisotopic (exact) mass is 593 g/mol. The van der Waals surface area contributed by atoms with Crippen LogP contribution < -0.4 is 19.7 Å². The third-order valence-electron chi connectivity index (χ3n) is 7.56. The van der Waals surface area contributed by atoms with Crippen molar-refractivity contribution < 1.29 is 23.1 Å². The van der Waals surface area contributed by atoms with Crippen LogP contribution in [0, 0.1) is 0 Å². The zero-order chi connectivity index (χ0) is 30.0. The number of aryl methyl sites for hydroxylation is 1. The molecular weight excluding hydrogens is 550 g/mol. The molecule has 0 spiro atoms. The van der Waals surface area contributed by atoms with Gasteiger partial charge in [0.1, 0.15) is 5.75 Å². The van der Waals surface area contributed by atoms with Gasteiger partial charge in [0.15, 0.2) is 0 Å². The zero-order valence-electron chi connectivity index (χ0n) is 24.6. The summed E-state index contributed by atoms with van der Waals surface area (Å²) in [6.45, 7) is 3.27.